The van der Waals surface area contributed by atoms with Gasteiger partial charge >= 0.3 is 0 Å². The Morgan fingerprint density at radius 3 is 2.24 bits per heavy atom. The number of aliphatic hydroxyl groups is 1. The van der Waals surface area contributed by atoms with Crippen LogP contribution in [-0.4, -0.2) is 60.6 Å². The lowest BCUT2D eigenvalue weighted by atomic mass is 10.0. The number of hydrogen-bond acceptors (Lipinski definition) is 7. The predicted octanol–water partition coefficient (Wildman–Crippen LogP) is 3.91. The minimum absolute atomic E-state index is 0.0188. The fraction of sp³-hybridized carbons (Fsp3) is 0.500. The molecule has 0 spiro atoms. The van der Waals surface area contributed by atoms with Crippen LogP contribution >= 0.6 is 12.6 Å². The number of carbonyl (C=O) groups excluding carboxylic acids is 3. The number of benzene rings is 2. The summed E-state index contributed by atoms with van der Waals surface area (Å²) in [7, 11) is -4.22. The summed E-state index contributed by atoms with van der Waals surface area (Å²) >= 11 is 4.35. The molecule has 0 radical (unpaired) electrons. The van der Waals surface area contributed by atoms with Crippen molar-refractivity contribution in [2.75, 3.05) is 12.3 Å². The second kappa shape index (κ2) is 16.5. The maximum Gasteiger partial charge on any atom is 0.264 e. The monoisotopic (exact) mass is 605 g/mol. The van der Waals surface area contributed by atoms with Crippen molar-refractivity contribution < 1.29 is 27.9 Å². The number of carbonyl (C=O) groups is 3. The summed E-state index contributed by atoms with van der Waals surface area (Å²) in [5.41, 5.74) is 1.82. The molecule has 2 aromatic rings. The molecule has 226 valence electrons. The zero-order chi connectivity index (χ0) is 30.6. The van der Waals surface area contributed by atoms with E-state index in [0.717, 1.165) is 24.8 Å². The molecule has 0 saturated heterocycles. The van der Waals surface area contributed by atoms with Crippen LogP contribution < -0.4 is 10.0 Å². The second-order valence-electron chi connectivity index (χ2n) is 10.6. The predicted molar refractivity (Wildman–Crippen MR) is 164 cm³/mol. The van der Waals surface area contributed by atoms with Gasteiger partial charge in [0.2, 0.25) is 11.8 Å². The number of unbranched alkanes of at least 4 members (excludes halogenated alkanes) is 1. The van der Waals surface area contributed by atoms with Gasteiger partial charge in [0.15, 0.2) is 0 Å². The van der Waals surface area contributed by atoms with Crippen LogP contribution in [0.1, 0.15) is 65.4 Å². The average molecular weight is 606 g/mol. The van der Waals surface area contributed by atoms with E-state index in [1.165, 1.54) is 13.0 Å². The normalized spacial score (nSPS) is 13.0. The van der Waals surface area contributed by atoms with Gasteiger partial charge in [-0.2, -0.15) is 12.6 Å². The molecule has 0 aliphatic heterocycles. The Kier molecular flexibility index (Phi) is 13.8. The zero-order valence-electron chi connectivity index (χ0n) is 24.3. The smallest absolute Gasteiger partial charge is 0.264 e. The molecule has 0 saturated carbocycles. The van der Waals surface area contributed by atoms with Gasteiger partial charge in [0.25, 0.3) is 15.9 Å². The molecule has 11 heteroatoms. The van der Waals surface area contributed by atoms with Crippen LogP contribution in [0.3, 0.4) is 0 Å². The summed E-state index contributed by atoms with van der Waals surface area (Å²) in [6, 6.07) is 13.4. The van der Waals surface area contributed by atoms with Gasteiger partial charge in [-0.3, -0.25) is 14.4 Å². The number of thiol groups is 1. The van der Waals surface area contributed by atoms with Gasteiger partial charge in [-0.15, -0.1) is 0 Å². The molecule has 0 bridgehead atoms. The Balaban J connectivity index is 2.20. The Labute approximate surface area is 249 Å². The minimum Gasteiger partial charge on any atom is -0.384 e. The highest BCUT2D eigenvalue weighted by atomic mass is 32.2. The van der Waals surface area contributed by atoms with Crippen molar-refractivity contribution >= 4 is 40.4 Å². The lowest BCUT2D eigenvalue weighted by Gasteiger charge is -2.24. The van der Waals surface area contributed by atoms with Gasteiger partial charge < -0.3 is 15.3 Å². The van der Waals surface area contributed by atoms with Gasteiger partial charge in [0.05, 0.1) is 4.90 Å². The molecule has 0 fully saturated rings. The van der Waals surface area contributed by atoms with Crippen LogP contribution in [-0.2, 0) is 31.0 Å². The number of nitrogens with one attached hydrogen (secondary N) is 2. The quantitative estimate of drug-likeness (QED) is 0.215. The Hall–Kier alpha value is -2.89. The maximum absolute atomic E-state index is 13.0. The van der Waals surface area contributed by atoms with Gasteiger partial charge in [0, 0.05) is 43.3 Å². The Bertz CT molecular complexity index is 1260. The third-order valence-electron chi connectivity index (χ3n) is 6.48. The number of amides is 3. The fourth-order valence-electron chi connectivity index (χ4n) is 4.28. The highest BCUT2D eigenvalue weighted by Crippen LogP contribution is 2.28. The number of hydrogen-bond donors (Lipinski definition) is 4. The first-order chi connectivity index (χ1) is 19.4. The van der Waals surface area contributed by atoms with E-state index in [1.807, 2.05) is 23.8 Å². The van der Waals surface area contributed by atoms with Crippen molar-refractivity contribution in [1.82, 2.24) is 14.9 Å². The molecule has 0 aliphatic rings. The molecule has 0 unspecified atom stereocenters. The van der Waals surface area contributed by atoms with Gasteiger partial charge in [0.1, 0.15) is 6.10 Å². The standard InChI is InChI=1S/C30H43N3O6S2/c1-5-6-11-29(36)33(17-16-28(35)31-25(20-40)18-21(2)3)19-23-12-14-24(15-13-23)26-9-7-8-10-27(26)41(38,39)32-30(37)22(4)34/h7-10,12-15,21-22,25,34,40H,5-6,11,16-20H2,1-4H3,(H,31,35)(H,32,37)/t22-,25+/m0/s1. The Morgan fingerprint density at radius 2 is 1.66 bits per heavy atom. The summed E-state index contributed by atoms with van der Waals surface area (Å²) in [4.78, 5) is 39.1. The van der Waals surface area contributed by atoms with E-state index < -0.39 is 22.0 Å². The van der Waals surface area contributed by atoms with Crippen LogP contribution in [0, 0.1) is 5.92 Å². The lowest BCUT2D eigenvalue weighted by Crippen LogP contribution is -2.40. The minimum atomic E-state index is -4.22. The van der Waals surface area contributed by atoms with E-state index >= 15 is 0 Å². The van der Waals surface area contributed by atoms with E-state index in [1.54, 1.807) is 35.2 Å². The van der Waals surface area contributed by atoms with Crippen molar-refractivity contribution in [3.8, 4) is 11.1 Å². The molecule has 9 nitrogen and oxygen atoms in total. The lowest BCUT2D eigenvalue weighted by molar-refractivity contribution is -0.132. The highest BCUT2D eigenvalue weighted by Gasteiger charge is 2.24. The van der Waals surface area contributed by atoms with Gasteiger partial charge in [-0.1, -0.05) is 69.7 Å². The maximum atomic E-state index is 13.0. The van der Waals surface area contributed by atoms with E-state index in [9.17, 15) is 27.9 Å². The number of rotatable bonds is 16. The van der Waals surface area contributed by atoms with Crippen molar-refractivity contribution in [1.29, 1.82) is 0 Å². The van der Waals surface area contributed by atoms with Crippen LogP contribution in [0.4, 0.5) is 0 Å². The molecule has 41 heavy (non-hydrogen) atoms. The molecule has 0 heterocycles. The third kappa shape index (κ3) is 11.1. The van der Waals surface area contributed by atoms with Crippen molar-refractivity contribution in [2.24, 2.45) is 5.92 Å². The third-order valence-corrected chi connectivity index (χ3v) is 8.32. The van der Waals surface area contributed by atoms with Crippen LogP contribution in [0.15, 0.2) is 53.4 Å². The van der Waals surface area contributed by atoms with Crippen molar-refractivity contribution in [3.05, 3.63) is 54.1 Å². The van der Waals surface area contributed by atoms with Gasteiger partial charge in [-0.05, 0) is 42.9 Å². The van der Waals surface area contributed by atoms with Crippen molar-refractivity contribution in [2.45, 2.75) is 83.4 Å². The SMILES string of the molecule is CCCCC(=O)N(CCC(=O)N[C@@H](CS)CC(C)C)Cc1ccc(-c2ccccc2S(=O)(=O)NC(=O)[C@H](C)O)cc1. The number of aliphatic hydroxyl groups excluding tert-OH is 1. The highest BCUT2D eigenvalue weighted by molar-refractivity contribution is 7.90. The number of sulfonamides is 1. The van der Waals surface area contributed by atoms with Crippen molar-refractivity contribution in [3.63, 3.8) is 0 Å². The molecule has 0 aromatic heterocycles. The molecule has 3 N–H and O–H groups in total. The Morgan fingerprint density at radius 1 is 1.00 bits per heavy atom. The van der Waals surface area contributed by atoms with Crippen LogP contribution in [0.25, 0.3) is 11.1 Å². The fourth-order valence-corrected chi connectivity index (χ4v) is 5.80. The van der Waals surface area contributed by atoms with Gasteiger partial charge in [-0.25, -0.2) is 13.1 Å². The average Bonchev–Trinajstić information content (AvgIpc) is 2.93. The van der Waals surface area contributed by atoms with E-state index in [0.29, 0.717) is 35.8 Å². The summed E-state index contributed by atoms with van der Waals surface area (Å²) < 4.78 is 27.6. The van der Waals surface area contributed by atoms with E-state index in [2.05, 4.69) is 31.8 Å². The van der Waals surface area contributed by atoms with Crippen LogP contribution in [0.5, 0.6) is 0 Å². The first-order valence-corrected chi connectivity index (χ1v) is 16.1. The molecule has 2 atom stereocenters. The molecule has 0 aliphatic carbocycles. The molecule has 2 aromatic carbocycles. The second-order valence-corrected chi connectivity index (χ2v) is 12.6. The summed E-state index contributed by atoms with van der Waals surface area (Å²) in [6.45, 7) is 7.97. The summed E-state index contributed by atoms with van der Waals surface area (Å²) in [6.07, 6.45) is 1.57. The number of nitrogens with zero attached hydrogens (tertiary/aromatic N) is 1. The topological polar surface area (TPSA) is 133 Å². The zero-order valence-corrected chi connectivity index (χ0v) is 26.0. The van der Waals surface area contributed by atoms with E-state index in [4.69, 9.17) is 0 Å². The van der Waals surface area contributed by atoms with Crippen LogP contribution in [0.2, 0.25) is 0 Å². The molecule has 2 rings (SSSR count). The first-order valence-electron chi connectivity index (χ1n) is 14.0. The molecule has 3 amide bonds. The molecular formula is C30H43N3O6S2. The largest absolute Gasteiger partial charge is 0.384 e. The molecular weight excluding hydrogens is 562 g/mol. The first kappa shape index (κ1) is 34.3. The van der Waals surface area contributed by atoms with E-state index in [-0.39, 0.29) is 35.7 Å². The summed E-state index contributed by atoms with van der Waals surface area (Å²) in [5, 5.41) is 12.4. The summed E-state index contributed by atoms with van der Waals surface area (Å²) in [5.74, 6) is -0.182.